The first-order valence-corrected chi connectivity index (χ1v) is 6.93. The van der Waals surface area contributed by atoms with Gasteiger partial charge in [0.25, 0.3) is 0 Å². The summed E-state index contributed by atoms with van der Waals surface area (Å²) < 4.78 is 23.4. The van der Waals surface area contributed by atoms with E-state index in [9.17, 15) is 13.2 Å². The van der Waals surface area contributed by atoms with Crippen LogP contribution in [0.3, 0.4) is 0 Å². The Labute approximate surface area is 98.6 Å². The summed E-state index contributed by atoms with van der Waals surface area (Å²) in [6.45, 7) is 0. The van der Waals surface area contributed by atoms with Crippen molar-refractivity contribution in [2.75, 3.05) is 0 Å². The van der Waals surface area contributed by atoms with Gasteiger partial charge in [0.1, 0.15) is 11.6 Å². The molecule has 0 unspecified atom stereocenters. The van der Waals surface area contributed by atoms with Gasteiger partial charge in [0.2, 0.25) is 0 Å². The third-order valence-corrected chi connectivity index (χ3v) is 4.61. The molecular weight excluding hydrogens is 244 g/mol. The van der Waals surface area contributed by atoms with Crippen molar-refractivity contribution in [2.45, 2.75) is 30.3 Å². The van der Waals surface area contributed by atoms with Gasteiger partial charge < -0.3 is 5.11 Å². The number of carbonyl (C=O) groups is 1. The van der Waals surface area contributed by atoms with E-state index in [0.717, 1.165) is 0 Å². The highest BCUT2D eigenvalue weighted by molar-refractivity contribution is 7.91. The molecule has 0 amide bonds. The van der Waals surface area contributed by atoms with Crippen LogP contribution in [-0.4, -0.2) is 34.7 Å². The molecule has 1 N–H and O–H groups in total. The standard InChI is InChI=1S/C10H12N2O4S/c13-10(14)5-7-3-4-11-9(12-7)6-17(15,16)8-1-2-8/h3-4,8H,1-2,5-6H2,(H,13,14). The minimum Gasteiger partial charge on any atom is -0.481 e. The van der Waals surface area contributed by atoms with Gasteiger partial charge >= 0.3 is 5.97 Å². The zero-order valence-corrected chi connectivity index (χ0v) is 9.85. The molecule has 0 atom stereocenters. The molecule has 0 radical (unpaired) electrons. The molecule has 1 fully saturated rings. The molecule has 0 saturated heterocycles. The first-order chi connectivity index (χ1) is 7.97. The summed E-state index contributed by atoms with van der Waals surface area (Å²) >= 11 is 0. The number of aromatic nitrogens is 2. The van der Waals surface area contributed by atoms with Crippen LogP contribution in [-0.2, 0) is 26.8 Å². The number of rotatable bonds is 5. The fourth-order valence-corrected chi connectivity index (χ4v) is 3.08. The van der Waals surface area contributed by atoms with E-state index in [4.69, 9.17) is 5.11 Å². The number of carboxylic acids is 1. The molecule has 92 valence electrons. The number of hydrogen-bond donors (Lipinski definition) is 1. The monoisotopic (exact) mass is 256 g/mol. The summed E-state index contributed by atoms with van der Waals surface area (Å²) in [6, 6.07) is 1.47. The number of hydrogen-bond acceptors (Lipinski definition) is 5. The smallest absolute Gasteiger partial charge is 0.309 e. The van der Waals surface area contributed by atoms with Gasteiger partial charge in [0.05, 0.1) is 17.4 Å². The minimum absolute atomic E-state index is 0.177. The Hall–Kier alpha value is -1.50. The number of aliphatic carboxylic acids is 1. The zero-order chi connectivity index (χ0) is 12.5. The van der Waals surface area contributed by atoms with E-state index in [0.29, 0.717) is 18.5 Å². The highest BCUT2D eigenvalue weighted by Gasteiger charge is 2.36. The first kappa shape index (κ1) is 12.0. The zero-order valence-electron chi connectivity index (χ0n) is 9.04. The quantitative estimate of drug-likeness (QED) is 0.807. The Morgan fingerprint density at radius 2 is 2.18 bits per heavy atom. The maximum atomic E-state index is 11.7. The molecule has 1 aliphatic rings. The van der Waals surface area contributed by atoms with Crippen molar-refractivity contribution in [3.05, 3.63) is 23.8 Å². The van der Waals surface area contributed by atoms with Crippen LogP contribution < -0.4 is 0 Å². The van der Waals surface area contributed by atoms with Crippen LogP contribution >= 0.6 is 0 Å². The van der Waals surface area contributed by atoms with Crippen molar-refractivity contribution in [3.63, 3.8) is 0 Å². The molecule has 0 aliphatic heterocycles. The molecule has 2 rings (SSSR count). The van der Waals surface area contributed by atoms with Gasteiger partial charge in [-0.3, -0.25) is 4.79 Å². The van der Waals surface area contributed by atoms with Crippen molar-refractivity contribution in [2.24, 2.45) is 0 Å². The number of carboxylic acid groups (broad SMARTS) is 1. The lowest BCUT2D eigenvalue weighted by Crippen LogP contribution is -2.13. The molecule has 0 aromatic carbocycles. The van der Waals surface area contributed by atoms with E-state index in [-0.39, 0.29) is 23.2 Å². The first-order valence-electron chi connectivity index (χ1n) is 5.21. The molecule has 6 nitrogen and oxygen atoms in total. The lowest BCUT2D eigenvalue weighted by molar-refractivity contribution is -0.136. The summed E-state index contributed by atoms with van der Waals surface area (Å²) in [6.07, 6.45) is 2.58. The van der Waals surface area contributed by atoms with Gasteiger partial charge in [0, 0.05) is 6.20 Å². The third-order valence-electron chi connectivity index (χ3n) is 2.46. The molecule has 1 aliphatic carbocycles. The lowest BCUT2D eigenvalue weighted by Gasteiger charge is -2.02. The normalized spacial score (nSPS) is 15.8. The average Bonchev–Trinajstić information content (AvgIpc) is 2.98. The van der Waals surface area contributed by atoms with Crippen LogP contribution in [0.4, 0.5) is 0 Å². The van der Waals surface area contributed by atoms with Gasteiger partial charge in [-0.1, -0.05) is 0 Å². The molecule has 1 aromatic heterocycles. The van der Waals surface area contributed by atoms with Crippen LogP contribution in [0, 0.1) is 0 Å². The number of sulfone groups is 1. The van der Waals surface area contributed by atoms with Crippen molar-refractivity contribution in [1.82, 2.24) is 9.97 Å². The van der Waals surface area contributed by atoms with Crippen molar-refractivity contribution in [1.29, 1.82) is 0 Å². The van der Waals surface area contributed by atoms with Gasteiger partial charge in [0.15, 0.2) is 9.84 Å². The second-order valence-corrected chi connectivity index (χ2v) is 6.32. The van der Waals surface area contributed by atoms with Gasteiger partial charge in [-0.25, -0.2) is 18.4 Å². The Bertz CT molecular complexity index is 537. The van der Waals surface area contributed by atoms with Crippen LogP contribution in [0.1, 0.15) is 24.4 Å². The van der Waals surface area contributed by atoms with E-state index in [1.165, 1.54) is 12.3 Å². The molecule has 0 spiro atoms. The highest BCUT2D eigenvalue weighted by atomic mass is 32.2. The molecule has 7 heteroatoms. The SMILES string of the molecule is O=C(O)Cc1ccnc(CS(=O)(=O)C2CC2)n1. The van der Waals surface area contributed by atoms with E-state index < -0.39 is 15.8 Å². The van der Waals surface area contributed by atoms with Crippen molar-refractivity contribution in [3.8, 4) is 0 Å². The summed E-state index contributed by atoms with van der Waals surface area (Å²) in [4.78, 5) is 18.3. The predicted octanol–water partition coefficient (Wildman–Crippen LogP) is 0.181. The van der Waals surface area contributed by atoms with E-state index in [2.05, 4.69) is 9.97 Å². The van der Waals surface area contributed by atoms with Crippen LogP contribution in [0.15, 0.2) is 12.3 Å². The average molecular weight is 256 g/mol. The second-order valence-electron chi connectivity index (χ2n) is 4.04. The summed E-state index contributed by atoms with van der Waals surface area (Å²) in [7, 11) is -3.16. The Kier molecular flexibility index (Phi) is 3.10. The highest BCUT2D eigenvalue weighted by Crippen LogP contribution is 2.30. The summed E-state index contributed by atoms with van der Waals surface area (Å²) in [5, 5.41) is 8.35. The van der Waals surface area contributed by atoms with Crippen molar-refractivity contribution < 1.29 is 18.3 Å². The molecule has 1 saturated carbocycles. The minimum atomic E-state index is -3.16. The van der Waals surface area contributed by atoms with Crippen LogP contribution in [0.2, 0.25) is 0 Å². The topological polar surface area (TPSA) is 97.2 Å². The number of nitrogens with zero attached hydrogens (tertiary/aromatic N) is 2. The largest absolute Gasteiger partial charge is 0.481 e. The molecule has 17 heavy (non-hydrogen) atoms. The molecular formula is C10H12N2O4S. The Morgan fingerprint density at radius 1 is 1.47 bits per heavy atom. The van der Waals surface area contributed by atoms with Crippen LogP contribution in [0.25, 0.3) is 0 Å². The maximum Gasteiger partial charge on any atom is 0.309 e. The molecule has 0 bridgehead atoms. The van der Waals surface area contributed by atoms with E-state index >= 15 is 0 Å². The summed E-state index contributed by atoms with van der Waals surface area (Å²) in [5.74, 6) is -1.03. The maximum absolute atomic E-state index is 11.7. The Morgan fingerprint density at radius 3 is 2.76 bits per heavy atom. The van der Waals surface area contributed by atoms with Crippen molar-refractivity contribution >= 4 is 15.8 Å². The molecule has 1 heterocycles. The van der Waals surface area contributed by atoms with E-state index in [1.54, 1.807) is 0 Å². The Balaban J connectivity index is 2.13. The predicted molar refractivity (Wildman–Crippen MR) is 59.0 cm³/mol. The van der Waals surface area contributed by atoms with E-state index in [1.807, 2.05) is 0 Å². The van der Waals surface area contributed by atoms with Gasteiger partial charge in [-0.15, -0.1) is 0 Å². The van der Waals surface area contributed by atoms with Gasteiger partial charge in [-0.05, 0) is 18.9 Å². The summed E-state index contributed by atoms with van der Waals surface area (Å²) in [5.41, 5.74) is 0.327. The van der Waals surface area contributed by atoms with Gasteiger partial charge in [-0.2, -0.15) is 0 Å². The second kappa shape index (κ2) is 4.40. The lowest BCUT2D eigenvalue weighted by atomic mass is 10.3. The molecule has 1 aromatic rings. The fraction of sp³-hybridized carbons (Fsp3) is 0.500. The van der Waals surface area contributed by atoms with Crippen LogP contribution in [0.5, 0.6) is 0 Å². The third kappa shape index (κ3) is 3.23. The fourth-order valence-electron chi connectivity index (χ4n) is 1.49.